The number of aryl methyl sites for hydroxylation is 2. The first-order chi connectivity index (χ1) is 10.8. The number of carboxylic acid groups (broad SMARTS) is 1. The van der Waals surface area contributed by atoms with E-state index in [1.165, 1.54) is 7.05 Å². The zero-order valence-corrected chi connectivity index (χ0v) is 12.3. The van der Waals surface area contributed by atoms with Crippen LogP contribution in [0.3, 0.4) is 0 Å². The number of alkyl halides is 3. The third-order valence-corrected chi connectivity index (χ3v) is 3.20. The summed E-state index contributed by atoms with van der Waals surface area (Å²) in [7, 11) is 1.42. The molecule has 2 aromatic rings. The van der Waals surface area contributed by atoms with Crippen LogP contribution in [-0.2, 0) is 31.0 Å². The fourth-order valence-electron chi connectivity index (χ4n) is 1.94. The Morgan fingerprint density at radius 1 is 1.30 bits per heavy atom. The van der Waals surface area contributed by atoms with Crippen LogP contribution in [0.1, 0.15) is 23.4 Å². The lowest BCUT2D eigenvalue weighted by Gasteiger charge is -2.07. The van der Waals surface area contributed by atoms with Crippen molar-refractivity contribution in [2.75, 3.05) is 0 Å². The molecule has 124 valence electrons. The average Bonchev–Trinajstić information content (AvgIpc) is 2.85. The lowest BCUT2D eigenvalue weighted by atomic mass is 10.1. The molecule has 0 fully saturated rings. The summed E-state index contributed by atoms with van der Waals surface area (Å²) in [5, 5.41) is 12.0. The Balaban J connectivity index is 1.96. The fraction of sp³-hybridized carbons (Fsp3) is 0.333. The molecule has 0 saturated carbocycles. The molecule has 1 aromatic carbocycles. The summed E-state index contributed by atoms with van der Waals surface area (Å²) in [6.07, 6.45) is -4.04. The van der Waals surface area contributed by atoms with Gasteiger partial charge in [0.05, 0.1) is 5.69 Å². The molecule has 0 amide bonds. The van der Waals surface area contributed by atoms with E-state index in [-0.39, 0.29) is 13.0 Å². The summed E-state index contributed by atoms with van der Waals surface area (Å²) in [4.78, 5) is 10.5. The van der Waals surface area contributed by atoms with E-state index in [0.29, 0.717) is 17.9 Å². The van der Waals surface area contributed by atoms with Gasteiger partial charge in [-0.2, -0.15) is 18.3 Å². The molecule has 0 aliphatic rings. The van der Waals surface area contributed by atoms with Gasteiger partial charge < -0.3 is 9.84 Å². The Kier molecular flexibility index (Phi) is 4.92. The van der Waals surface area contributed by atoms with Crippen LogP contribution in [0, 0.1) is 0 Å². The summed E-state index contributed by atoms with van der Waals surface area (Å²) >= 11 is 0. The van der Waals surface area contributed by atoms with E-state index >= 15 is 0 Å². The molecule has 0 aliphatic carbocycles. The maximum atomic E-state index is 12.6. The standard InChI is InChI=1S/C15H15F3N2O3/c1-20-11(8-13(19-20)15(16,17)18)9-23-12-5-2-10(3-6-12)4-7-14(21)22/h2-3,5-6,8H,4,7,9H2,1H3,(H,21,22). The minimum absolute atomic E-state index is 0.0371. The van der Waals surface area contributed by atoms with Crippen molar-refractivity contribution in [3.8, 4) is 5.75 Å². The molecular formula is C15H15F3N2O3. The van der Waals surface area contributed by atoms with E-state index in [0.717, 1.165) is 16.3 Å². The summed E-state index contributed by atoms with van der Waals surface area (Å²) < 4.78 is 44.2. The molecule has 0 unspecified atom stereocenters. The van der Waals surface area contributed by atoms with Gasteiger partial charge in [-0.05, 0) is 30.2 Å². The second kappa shape index (κ2) is 6.72. The number of aromatic nitrogens is 2. The molecule has 1 heterocycles. The van der Waals surface area contributed by atoms with E-state index in [4.69, 9.17) is 9.84 Å². The summed E-state index contributed by atoms with van der Waals surface area (Å²) in [5.74, 6) is -0.388. The number of benzene rings is 1. The zero-order chi connectivity index (χ0) is 17.0. The molecular weight excluding hydrogens is 313 g/mol. The van der Waals surface area contributed by atoms with E-state index in [1.807, 2.05) is 0 Å². The van der Waals surface area contributed by atoms with Gasteiger partial charge in [0.1, 0.15) is 12.4 Å². The first kappa shape index (κ1) is 16.9. The predicted octanol–water partition coefficient (Wildman–Crippen LogP) is 3.04. The van der Waals surface area contributed by atoms with Crippen molar-refractivity contribution in [2.24, 2.45) is 7.05 Å². The smallest absolute Gasteiger partial charge is 0.435 e. The summed E-state index contributed by atoms with van der Waals surface area (Å²) in [5.41, 5.74) is 0.189. The summed E-state index contributed by atoms with van der Waals surface area (Å²) in [6.45, 7) is -0.0476. The van der Waals surface area contributed by atoms with E-state index in [9.17, 15) is 18.0 Å². The Hall–Kier alpha value is -2.51. The van der Waals surface area contributed by atoms with Gasteiger partial charge in [0.2, 0.25) is 0 Å². The van der Waals surface area contributed by atoms with Gasteiger partial charge in [-0.15, -0.1) is 0 Å². The van der Waals surface area contributed by atoms with Gasteiger partial charge in [-0.25, -0.2) is 0 Å². The highest BCUT2D eigenvalue weighted by atomic mass is 19.4. The predicted molar refractivity (Wildman–Crippen MR) is 74.9 cm³/mol. The third kappa shape index (κ3) is 4.73. The van der Waals surface area contributed by atoms with Crippen LogP contribution in [-0.4, -0.2) is 20.9 Å². The number of ether oxygens (including phenoxy) is 1. The largest absolute Gasteiger partial charge is 0.487 e. The Bertz CT molecular complexity index is 678. The molecule has 0 aliphatic heterocycles. The van der Waals surface area contributed by atoms with Crippen LogP contribution >= 0.6 is 0 Å². The highest BCUT2D eigenvalue weighted by molar-refractivity contribution is 5.67. The minimum atomic E-state index is -4.48. The van der Waals surface area contributed by atoms with Crippen molar-refractivity contribution in [1.82, 2.24) is 9.78 Å². The van der Waals surface area contributed by atoms with Crippen molar-refractivity contribution >= 4 is 5.97 Å². The number of hydrogen-bond donors (Lipinski definition) is 1. The average molecular weight is 328 g/mol. The molecule has 0 bridgehead atoms. The number of carboxylic acids is 1. The molecule has 2 rings (SSSR count). The first-order valence-corrected chi connectivity index (χ1v) is 6.79. The number of rotatable bonds is 6. The van der Waals surface area contributed by atoms with E-state index in [2.05, 4.69) is 5.10 Å². The van der Waals surface area contributed by atoms with Gasteiger partial charge in [0.15, 0.2) is 5.69 Å². The molecule has 0 radical (unpaired) electrons. The van der Waals surface area contributed by atoms with Crippen molar-refractivity contribution < 1.29 is 27.8 Å². The van der Waals surface area contributed by atoms with Crippen LogP contribution in [0.4, 0.5) is 13.2 Å². The molecule has 1 N–H and O–H groups in total. The molecule has 0 spiro atoms. The van der Waals surface area contributed by atoms with Crippen molar-refractivity contribution in [3.63, 3.8) is 0 Å². The number of hydrogen-bond acceptors (Lipinski definition) is 3. The first-order valence-electron chi connectivity index (χ1n) is 6.79. The SMILES string of the molecule is Cn1nc(C(F)(F)F)cc1COc1ccc(CCC(=O)O)cc1. The molecule has 0 saturated heterocycles. The van der Waals surface area contributed by atoms with Gasteiger partial charge in [0.25, 0.3) is 0 Å². The fourth-order valence-corrected chi connectivity index (χ4v) is 1.94. The van der Waals surface area contributed by atoms with Crippen LogP contribution in [0.2, 0.25) is 0 Å². The highest BCUT2D eigenvalue weighted by Crippen LogP contribution is 2.28. The van der Waals surface area contributed by atoms with Gasteiger partial charge in [-0.1, -0.05) is 12.1 Å². The quantitative estimate of drug-likeness (QED) is 0.885. The number of halogens is 3. The summed E-state index contributed by atoms with van der Waals surface area (Å²) in [6, 6.07) is 7.70. The van der Waals surface area contributed by atoms with Crippen LogP contribution in [0.25, 0.3) is 0 Å². The zero-order valence-electron chi connectivity index (χ0n) is 12.3. The Morgan fingerprint density at radius 2 is 1.96 bits per heavy atom. The van der Waals surface area contributed by atoms with Crippen LogP contribution in [0.15, 0.2) is 30.3 Å². The molecule has 23 heavy (non-hydrogen) atoms. The highest BCUT2D eigenvalue weighted by Gasteiger charge is 2.34. The maximum absolute atomic E-state index is 12.6. The van der Waals surface area contributed by atoms with E-state index < -0.39 is 17.8 Å². The molecule has 0 atom stereocenters. The number of carbonyl (C=O) groups is 1. The maximum Gasteiger partial charge on any atom is 0.435 e. The molecule has 5 nitrogen and oxygen atoms in total. The Labute approximate surface area is 130 Å². The monoisotopic (exact) mass is 328 g/mol. The van der Waals surface area contributed by atoms with Gasteiger partial charge in [-0.3, -0.25) is 9.48 Å². The minimum Gasteiger partial charge on any atom is -0.487 e. The van der Waals surface area contributed by atoms with Crippen molar-refractivity contribution in [3.05, 3.63) is 47.3 Å². The van der Waals surface area contributed by atoms with Crippen LogP contribution < -0.4 is 4.74 Å². The Morgan fingerprint density at radius 3 is 2.48 bits per heavy atom. The van der Waals surface area contributed by atoms with Crippen LogP contribution in [0.5, 0.6) is 5.75 Å². The number of aliphatic carboxylic acids is 1. The third-order valence-electron chi connectivity index (χ3n) is 3.20. The second-order valence-electron chi connectivity index (χ2n) is 4.97. The lowest BCUT2D eigenvalue weighted by Crippen LogP contribution is -2.06. The van der Waals surface area contributed by atoms with Crippen molar-refractivity contribution in [2.45, 2.75) is 25.6 Å². The molecule has 8 heteroatoms. The van der Waals surface area contributed by atoms with Gasteiger partial charge >= 0.3 is 12.1 Å². The topological polar surface area (TPSA) is 64.4 Å². The lowest BCUT2D eigenvalue weighted by molar-refractivity contribution is -0.141. The normalized spacial score (nSPS) is 11.5. The molecule has 1 aromatic heterocycles. The van der Waals surface area contributed by atoms with Gasteiger partial charge in [0, 0.05) is 13.5 Å². The van der Waals surface area contributed by atoms with E-state index in [1.54, 1.807) is 24.3 Å². The second-order valence-corrected chi connectivity index (χ2v) is 4.97. The number of nitrogens with zero attached hydrogens (tertiary/aromatic N) is 2. The van der Waals surface area contributed by atoms with Crippen molar-refractivity contribution in [1.29, 1.82) is 0 Å².